The summed E-state index contributed by atoms with van der Waals surface area (Å²) in [6, 6.07) is 15.7. The van der Waals surface area contributed by atoms with Crippen LogP contribution in [-0.4, -0.2) is 24.4 Å². The summed E-state index contributed by atoms with van der Waals surface area (Å²) in [6.07, 6.45) is 0. The smallest absolute Gasteiger partial charge is 0.200 e. The van der Waals surface area contributed by atoms with E-state index in [1.807, 2.05) is 32.0 Å². The predicted octanol–water partition coefficient (Wildman–Crippen LogP) is 4.43. The zero-order valence-electron chi connectivity index (χ0n) is 16.9. The Morgan fingerprint density at radius 1 is 0.966 bits per heavy atom. The summed E-state index contributed by atoms with van der Waals surface area (Å²) in [5, 5.41) is 11.6. The molecule has 0 unspecified atom stereocenters. The van der Waals surface area contributed by atoms with Gasteiger partial charge in [0.05, 0.1) is 22.0 Å². The van der Waals surface area contributed by atoms with E-state index in [-0.39, 0.29) is 22.5 Å². The highest BCUT2D eigenvalue weighted by Gasteiger charge is 2.34. The van der Waals surface area contributed by atoms with Crippen LogP contribution in [0.2, 0.25) is 0 Å². The Bertz CT molecular complexity index is 1170. The Hall–Kier alpha value is -2.98. The zero-order chi connectivity index (χ0) is 21.2. The van der Waals surface area contributed by atoms with Crippen LogP contribution in [0.4, 0.5) is 5.82 Å². The molecule has 150 valence electrons. The van der Waals surface area contributed by atoms with E-state index in [0.717, 1.165) is 5.56 Å². The van der Waals surface area contributed by atoms with Crippen LogP contribution in [0.5, 0.6) is 0 Å². The molecule has 0 fully saturated rings. The second-order valence-electron chi connectivity index (χ2n) is 7.49. The van der Waals surface area contributed by atoms with Gasteiger partial charge < -0.3 is 5.32 Å². The second-order valence-corrected chi connectivity index (χ2v) is 9.52. The lowest BCUT2D eigenvalue weighted by Crippen LogP contribution is -2.25. The molecule has 7 heteroatoms. The Labute approximate surface area is 171 Å². The SMILES string of the molecule is Cc1ccc(S(=O)(=O)[C@@H](C#N)c2nc3ccccc3nc2N[C@@H](C)C(C)C)cc1. The van der Waals surface area contributed by atoms with E-state index in [1.54, 1.807) is 24.3 Å². The van der Waals surface area contributed by atoms with Crippen molar-refractivity contribution < 1.29 is 8.42 Å². The van der Waals surface area contributed by atoms with E-state index in [9.17, 15) is 13.7 Å². The zero-order valence-corrected chi connectivity index (χ0v) is 17.7. The monoisotopic (exact) mass is 408 g/mol. The summed E-state index contributed by atoms with van der Waals surface area (Å²) in [7, 11) is -3.97. The number of fused-ring (bicyclic) bond motifs is 1. The Kier molecular flexibility index (Phi) is 5.85. The molecule has 0 amide bonds. The number of nitrogens with one attached hydrogen (secondary N) is 1. The number of nitrogens with zero attached hydrogens (tertiary/aromatic N) is 3. The number of hydrogen-bond acceptors (Lipinski definition) is 6. The molecule has 3 rings (SSSR count). The summed E-state index contributed by atoms with van der Waals surface area (Å²) < 4.78 is 26.5. The van der Waals surface area contributed by atoms with Gasteiger partial charge in [-0.15, -0.1) is 0 Å². The van der Waals surface area contributed by atoms with Crippen LogP contribution in [0.3, 0.4) is 0 Å². The van der Waals surface area contributed by atoms with Crippen LogP contribution in [0.1, 0.15) is 37.3 Å². The first-order chi connectivity index (χ1) is 13.7. The lowest BCUT2D eigenvalue weighted by molar-refractivity contribution is 0.557. The number of anilines is 1. The molecule has 0 spiro atoms. The van der Waals surface area contributed by atoms with Gasteiger partial charge in [0, 0.05) is 6.04 Å². The van der Waals surface area contributed by atoms with Gasteiger partial charge in [0.2, 0.25) is 9.84 Å². The molecule has 0 aliphatic heterocycles. The molecule has 0 bridgehead atoms. The number of aryl methyl sites for hydroxylation is 1. The molecule has 0 aliphatic carbocycles. The summed E-state index contributed by atoms with van der Waals surface area (Å²) in [5.74, 6) is 0.609. The van der Waals surface area contributed by atoms with Crippen molar-refractivity contribution in [1.82, 2.24) is 9.97 Å². The number of benzene rings is 2. The van der Waals surface area contributed by atoms with Gasteiger partial charge in [-0.1, -0.05) is 43.7 Å². The maximum atomic E-state index is 13.3. The van der Waals surface area contributed by atoms with Crippen LogP contribution in [-0.2, 0) is 9.84 Å². The van der Waals surface area contributed by atoms with Crippen LogP contribution >= 0.6 is 0 Å². The van der Waals surface area contributed by atoms with Gasteiger partial charge >= 0.3 is 0 Å². The fraction of sp³-hybridized carbons (Fsp3) is 0.318. The standard InChI is InChI=1S/C22H24N4O2S/c1-14(2)16(4)24-22-21(25-18-7-5-6-8-19(18)26-22)20(13-23)29(27,28)17-11-9-15(3)10-12-17/h5-12,14,16,20H,1-4H3,(H,24,26)/t16-,20-/m0/s1. The summed E-state index contributed by atoms with van der Waals surface area (Å²) >= 11 is 0. The van der Waals surface area contributed by atoms with Crippen LogP contribution in [0.15, 0.2) is 53.4 Å². The molecule has 0 radical (unpaired) electrons. The number of hydrogen-bond donors (Lipinski definition) is 1. The van der Waals surface area contributed by atoms with Gasteiger partial charge in [-0.25, -0.2) is 18.4 Å². The molecule has 0 saturated carbocycles. The minimum absolute atomic E-state index is 0.0191. The Morgan fingerprint density at radius 3 is 2.10 bits per heavy atom. The van der Waals surface area contributed by atoms with E-state index in [1.165, 1.54) is 12.1 Å². The largest absolute Gasteiger partial charge is 0.366 e. The van der Waals surface area contributed by atoms with Crippen molar-refractivity contribution in [3.05, 3.63) is 59.8 Å². The lowest BCUT2D eigenvalue weighted by atomic mass is 10.1. The van der Waals surface area contributed by atoms with Crippen molar-refractivity contribution in [2.45, 2.75) is 43.9 Å². The molecule has 0 saturated heterocycles. The molecule has 2 atom stereocenters. The van der Waals surface area contributed by atoms with Crippen molar-refractivity contribution in [2.75, 3.05) is 5.32 Å². The van der Waals surface area contributed by atoms with E-state index in [2.05, 4.69) is 29.1 Å². The molecule has 2 aromatic carbocycles. The quantitative estimate of drug-likeness (QED) is 0.648. The van der Waals surface area contributed by atoms with Gasteiger partial charge in [0.1, 0.15) is 5.69 Å². The van der Waals surface area contributed by atoms with Crippen molar-refractivity contribution in [2.24, 2.45) is 5.92 Å². The van der Waals surface area contributed by atoms with Crippen molar-refractivity contribution in [3.63, 3.8) is 0 Å². The van der Waals surface area contributed by atoms with Gasteiger partial charge in [-0.05, 0) is 44.0 Å². The molecular formula is C22H24N4O2S. The van der Waals surface area contributed by atoms with Crippen molar-refractivity contribution in [1.29, 1.82) is 5.26 Å². The average molecular weight is 409 g/mol. The first kappa shape index (κ1) is 20.7. The summed E-state index contributed by atoms with van der Waals surface area (Å²) in [6.45, 7) is 7.97. The lowest BCUT2D eigenvalue weighted by Gasteiger charge is -2.21. The Balaban J connectivity index is 2.19. The number of nitriles is 1. The molecule has 1 heterocycles. The molecule has 1 aromatic heterocycles. The molecular weight excluding hydrogens is 384 g/mol. The average Bonchev–Trinajstić information content (AvgIpc) is 2.68. The van der Waals surface area contributed by atoms with Crippen molar-refractivity contribution in [3.8, 4) is 6.07 Å². The van der Waals surface area contributed by atoms with Gasteiger partial charge in [-0.3, -0.25) is 0 Å². The third-order valence-corrected chi connectivity index (χ3v) is 6.87. The molecule has 1 N–H and O–H groups in total. The van der Waals surface area contributed by atoms with Crippen molar-refractivity contribution >= 4 is 26.7 Å². The van der Waals surface area contributed by atoms with E-state index in [0.29, 0.717) is 16.9 Å². The third-order valence-electron chi connectivity index (χ3n) is 4.99. The maximum absolute atomic E-state index is 13.3. The first-order valence-corrected chi connectivity index (χ1v) is 11.0. The minimum atomic E-state index is -3.97. The molecule has 29 heavy (non-hydrogen) atoms. The number of aromatic nitrogens is 2. The molecule has 6 nitrogen and oxygen atoms in total. The second kappa shape index (κ2) is 8.18. The fourth-order valence-electron chi connectivity index (χ4n) is 2.83. The highest BCUT2D eigenvalue weighted by atomic mass is 32.2. The highest BCUT2D eigenvalue weighted by molar-refractivity contribution is 7.92. The topological polar surface area (TPSA) is 95.7 Å². The van der Waals surface area contributed by atoms with Crippen LogP contribution in [0.25, 0.3) is 11.0 Å². The van der Waals surface area contributed by atoms with Gasteiger partial charge in [0.25, 0.3) is 0 Å². The fourth-order valence-corrected chi connectivity index (χ4v) is 4.21. The Morgan fingerprint density at radius 2 is 1.55 bits per heavy atom. The predicted molar refractivity (Wildman–Crippen MR) is 114 cm³/mol. The van der Waals surface area contributed by atoms with E-state index < -0.39 is 15.1 Å². The number of sulfone groups is 1. The molecule has 3 aromatic rings. The normalized spacial score (nSPS) is 13.8. The highest BCUT2D eigenvalue weighted by Crippen LogP contribution is 2.33. The summed E-state index contributed by atoms with van der Waals surface area (Å²) in [4.78, 5) is 9.23. The third kappa shape index (κ3) is 4.22. The van der Waals surface area contributed by atoms with Gasteiger partial charge in [-0.2, -0.15) is 5.26 Å². The number of rotatable bonds is 6. The van der Waals surface area contributed by atoms with E-state index in [4.69, 9.17) is 0 Å². The van der Waals surface area contributed by atoms with E-state index >= 15 is 0 Å². The first-order valence-electron chi connectivity index (χ1n) is 9.47. The van der Waals surface area contributed by atoms with Gasteiger partial charge in [0.15, 0.2) is 11.1 Å². The molecule has 0 aliphatic rings. The van der Waals surface area contributed by atoms with Crippen LogP contribution in [0, 0.1) is 24.2 Å². The maximum Gasteiger partial charge on any atom is 0.200 e. The number of para-hydroxylation sites is 2. The summed E-state index contributed by atoms with van der Waals surface area (Å²) in [5.41, 5.74) is 2.25. The van der Waals surface area contributed by atoms with Crippen LogP contribution < -0.4 is 5.32 Å². The minimum Gasteiger partial charge on any atom is -0.366 e.